The van der Waals surface area contributed by atoms with Crippen LogP contribution in [0.3, 0.4) is 0 Å². The quantitative estimate of drug-likeness (QED) is 0.680. The lowest BCUT2D eigenvalue weighted by atomic mass is 10.2. The summed E-state index contributed by atoms with van der Waals surface area (Å²) in [6, 6.07) is 12.8. The highest BCUT2D eigenvalue weighted by Gasteiger charge is 2.16. The van der Waals surface area contributed by atoms with Crippen LogP contribution in [0.5, 0.6) is 5.75 Å². The van der Waals surface area contributed by atoms with Crippen LogP contribution in [0, 0.1) is 5.82 Å². The molecule has 26 heavy (non-hydrogen) atoms. The molecule has 7 nitrogen and oxygen atoms in total. The first-order chi connectivity index (χ1) is 12.5. The second kappa shape index (κ2) is 7.63. The zero-order chi connectivity index (χ0) is 18.6. The Balaban J connectivity index is 1.66. The first-order valence-electron chi connectivity index (χ1n) is 7.64. The van der Waals surface area contributed by atoms with E-state index in [1.807, 2.05) is 0 Å². The average molecular weight is 377 g/mol. The SMILES string of the molecule is COc1cccc(-c2noc(CNS(=O)(=O)Cc3ccccc3F)n2)c1. The van der Waals surface area contributed by atoms with Crippen LogP contribution in [0.1, 0.15) is 11.5 Å². The van der Waals surface area contributed by atoms with Gasteiger partial charge in [0.25, 0.3) is 0 Å². The first-order valence-corrected chi connectivity index (χ1v) is 9.30. The lowest BCUT2D eigenvalue weighted by molar-refractivity contribution is 0.375. The average Bonchev–Trinajstić information content (AvgIpc) is 3.11. The van der Waals surface area contributed by atoms with Crippen LogP contribution in [-0.2, 0) is 22.3 Å². The van der Waals surface area contributed by atoms with Crippen molar-refractivity contribution in [3.63, 3.8) is 0 Å². The predicted molar refractivity (Wildman–Crippen MR) is 92.1 cm³/mol. The molecule has 3 aromatic rings. The monoisotopic (exact) mass is 377 g/mol. The van der Waals surface area contributed by atoms with Gasteiger partial charge in [-0.05, 0) is 18.2 Å². The van der Waals surface area contributed by atoms with E-state index in [4.69, 9.17) is 9.26 Å². The Labute approximate surface area is 149 Å². The van der Waals surface area contributed by atoms with E-state index in [0.29, 0.717) is 17.1 Å². The summed E-state index contributed by atoms with van der Waals surface area (Å²) in [6.07, 6.45) is 0. The number of methoxy groups -OCH3 is 1. The van der Waals surface area contributed by atoms with Crippen LogP contribution >= 0.6 is 0 Å². The van der Waals surface area contributed by atoms with Crippen molar-refractivity contribution >= 4 is 10.0 Å². The number of hydrogen-bond acceptors (Lipinski definition) is 6. The Bertz CT molecular complexity index is 1000. The summed E-state index contributed by atoms with van der Waals surface area (Å²) in [5, 5.41) is 3.82. The van der Waals surface area contributed by atoms with Gasteiger partial charge in [0.05, 0.1) is 19.4 Å². The van der Waals surface area contributed by atoms with Gasteiger partial charge in [0, 0.05) is 11.1 Å². The smallest absolute Gasteiger partial charge is 0.242 e. The molecule has 0 atom stereocenters. The molecule has 0 saturated carbocycles. The van der Waals surface area contributed by atoms with Crippen LogP contribution in [-0.4, -0.2) is 25.7 Å². The minimum absolute atomic E-state index is 0.0857. The molecule has 0 aliphatic heterocycles. The van der Waals surface area contributed by atoms with E-state index < -0.39 is 21.6 Å². The Morgan fingerprint density at radius 3 is 2.77 bits per heavy atom. The van der Waals surface area contributed by atoms with E-state index in [2.05, 4.69) is 14.9 Å². The van der Waals surface area contributed by atoms with Gasteiger partial charge >= 0.3 is 0 Å². The molecule has 0 spiro atoms. The van der Waals surface area contributed by atoms with Crippen LogP contribution in [0.2, 0.25) is 0 Å². The maximum absolute atomic E-state index is 13.6. The highest BCUT2D eigenvalue weighted by atomic mass is 32.2. The van der Waals surface area contributed by atoms with Gasteiger partial charge in [-0.3, -0.25) is 0 Å². The molecule has 136 valence electrons. The minimum Gasteiger partial charge on any atom is -0.497 e. The van der Waals surface area contributed by atoms with Crippen LogP contribution in [0.25, 0.3) is 11.4 Å². The Morgan fingerprint density at radius 2 is 2.00 bits per heavy atom. The summed E-state index contributed by atoms with van der Waals surface area (Å²) in [5.41, 5.74) is 0.760. The molecule has 0 radical (unpaired) electrons. The second-order valence-electron chi connectivity index (χ2n) is 5.42. The molecule has 0 unspecified atom stereocenters. The second-order valence-corrected chi connectivity index (χ2v) is 7.22. The number of ether oxygens (including phenoxy) is 1. The number of sulfonamides is 1. The summed E-state index contributed by atoms with van der Waals surface area (Å²) < 4.78 is 50.3. The van der Waals surface area contributed by atoms with Crippen LogP contribution < -0.4 is 9.46 Å². The van der Waals surface area contributed by atoms with Crippen LogP contribution in [0.4, 0.5) is 4.39 Å². The van der Waals surface area contributed by atoms with Crippen molar-refractivity contribution in [2.75, 3.05) is 7.11 Å². The molecule has 1 N–H and O–H groups in total. The summed E-state index contributed by atoms with van der Waals surface area (Å²) in [6.45, 7) is -0.187. The van der Waals surface area contributed by atoms with Crippen molar-refractivity contribution in [3.8, 4) is 17.1 Å². The number of nitrogens with zero attached hydrogens (tertiary/aromatic N) is 2. The highest BCUT2D eigenvalue weighted by molar-refractivity contribution is 7.88. The van der Waals surface area contributed by atoms with Crippen molar-refractivity contribution in [1.29, 1.82) is 0 Å². The van der Waals surface area contributed by atoms with Crippen LogP contribution in [0.15, 0.2) is 53.1 Å². The molecule has 0 fully saturated rings. The van der Waals surface area contributed by atoms with E-state index in [1.54, 1.807) is 37.4 Å². The van der Waals surface area contributed by atoms with Gasteiger partial charge < -0.3 is 9.26 Å². The molecule has 0 bridgehead atoms. The lowest BCUT2D eigenvalue weighted by Crippen LogP contribution is -2.25. The molecular formula is C17H16FN3O4S. The molecule has 1 aromatic heterocycles. The molecule has 2 aromatic carbocycles. The number of hydrogen-bond donors (Lipinski definition) is 1. The molecule has 3 rings (SSSR count). The maximum Gasteiger partial charge on any atom is 0.242 e. The summed E-state index contributed by atoms with van der Waals surface area (Å²) >= 11 is 0. The van der Waals surface area contributed by atoms with E-state index in [0.717, 1.165) is 0 Å². The molecule has 0 amide bonds. The van der Waals surface area contributed by atoms with Crippen molar-refractivity contribution in [2.45, 2.75) is 12.3 Å². The Kier molecular flexibility index (Phi) is 5.29. The molecule has 0 aliphatic carbocycles. The zero-order valence-corrected chi connectivity index (χ0v) is 14.7. The van der Waals surface area contributed by atoms with E-state index in [-0.39, 0.29) is 18.0 Å². The standard InChI is InChI=1S/C17H16FN3O4S/c1-24-14-7-4-6-12(9-14)17-20-16(25-21-17)10-19-26(22,23)11-13-5-2-3-8-15(13)18/h2-9,19H,10-11H2,1H3. The van der Waals surface area contributed by atoms with E-state index in [1.165, 1.54) is 18.2 Å². The third kappa shape index (κ3) is 4.44. The van der Waals surface area contributed by atoms with E-state index >= 15 is 0 Å². The minimum atomic E-state index is -3.76. The third-order valence-corrected chi connectivity index (χ3v) is 4.82. The highest BCUT2D eigenvalue weighted by Crippen LogP contribution is 2.21. The first kappa shape index (κ1) is 18.0. The molecule has 0 saturated heterocycles. The van der Waals surface area contributed by atoms with Gasteiger partial charge in [-0.25, -0.2) is 17.5 Å². The molecular weight excluding hydrogens is 361 g/mol. The number of halogens is 1. The van der Waals surface area contributed by atoms with Crippen molar-refractivity contribution < 1.29 is 22.1 Å². The third-order valence-electron chi connectivity index (χ3n) is 3.54. The number of nitrogens with one attached hydrogen (secondary N) is 1. The number of benzene rings is 2. The van der Waals surface area contributed by atoms with Crippen molar-refractivity contribution in [3.05, 3.63) is 65.8 Å². The fourth-order valence-electron chi connectivity index (χ4n) is 2.25. The molecule has 9 heteroatoms. The molecule has 0 aliphatic rings. The summed E-state index contributed by atoms with van der Waals surface area (Å²) in [5.74, 6) is -0.00106. The summed E-state index contributed by atoms with van der Waals surface area (Å²) in [7, 11) is -2.21. The Hall–Kier alpha value is -2.78. The van der Waals surface area contributed by atoms with Gasteiger partial charge in [0.1, 0.15) is 11.6 Å². The van der Waals surface area contributed by atoms with Crippen molar-refractivity contribution in [2.24, 2.45) is 0 Å². The van der Waals surface area contributed by atoms with Gasteiger partial charge in [-0.2, -0.15) is 4.98 Å². The lowest BCUT2D eigenvalue weighted by Gasteiger charge is -2.05. The normalized spacial score (nSPS) is 11.5. The number of aromatic nitrogens is 2. The zero-order valence-electron chi connectivity index (χ0n) is 13.8. The van der Waals surface area contributed by atoms with Gasteiger partial charge in [0.2, 0.25) is 21.7 Å². The largest absolute Gasteiger partial charge is 0.497 e. The molecule has 1 heterocycles. The van der Waals surface area contributed by atoms with Gasteiger partial charge in [-0.1, -0.05) is 35.5 Å². The van der Waals surface area contributed by atoms with E-state index in [9.17, 15) is 12.8 Å². The maximum atomic E-state index is 13.6. The van der Waals surface area contributed by atoms with Gasteiger partial charge in [0.15, 0.2) is 0 Å². The van der Waals surface area contributed by atoms with Gasteiger partial charge in [-0.15, -0.1) is 0 Å². The number of rotatable bonds is 7. The fraction of sp³-hybridized carbons (Fsp3) is 0.176. The Morgan fingerprint density at radius 1 is 1.19 bits per heavy atom. The summed E-state index contributed by atoms with van der Waals surface area (Å²) in [4.78, 5) is 4.15. The predicted octanol–water partition coefficient (Wildman–Crippen LogP) is 2.50. The topological polar surface area (TPSA) is 94.3 Å². The fourth-order valence-corrected chi connectivity index (χ4v) is 3.34. The van der Waals surface area contributed by atoms with Crippen molar-refractivity contribution in [1.82, 2.24) is 14.9 Å².